The molecule has 5 heteroatoms. The number of amides is 1. The van der Waals surface area contributed by atoms with E-state index in [1.54, 1.807) is 7.11 Å². The SMILES string of the molecule is CCCC(=O)NCC(c1ccccc1OC)N1CCOCC1. The number of carbonyl (C=O) groups is 1. The molecule has 2 rings (SSSR count). The predicted octanol–water partition coefficient (Wildman–Crippen LogP) is 1.98. The van der Waals surface area contributed by atoms with Crippen molar-refractivity contribution in [3.05, 3.63) is 29.8 Å². The molecular weight excluding hydrogens is 280 g/mol. The second-order valence-corrected chi connectivity index (χ2v) is 5.46. The van der Waals surface area contributed by atoms with E-state index in [1.807, 2.05) is 25.1 Å². The molecule has 1 saturated heterocycles. The van der Waals surface area contributed by atoms with Gasteiger partial charge in [-0.2, -0.15) is 0 Å². The maximum Gasteiger partial charge on any atom is 0.220 e. The highest BCUT2D eigenvalue weighted by molar-refractivity contribution is 5.75. The van der Waals surface area contributed by atoms with Crippen LogP contribution in [0.3, 0.4) is 0 Å². The molecular formula is C17H26N2O3. The number of hydrogen-bond donors (Lipinski definition) is 1. The molecule has 1 aromatic rings. The van der Waals surface area contributed by atoms with E-state index in [0.29, 0.717) is 13.0 Å². The Morgan fingerprint density at radius 1 is 1.36 bits per heavy atom. The maximum absolute atomic E-state index is 11.8. The number of benzene rings is 1. The van der Waals surface area contributed by atoms with E-state index in [1.165, 1.54) is 0 Å². The van der Waals surface area contributed by atoms with Crippen LogP contribution in [0.5, 0.6) is 5.75 Å². The molecule has 122 valence electrons. The van der Waals surface area contributed by atoms with Crippen LogP contribution in [0.25, 0.3) is 0 Å². The van der Waals surface area contributed by atoms with Crippen LogP contribution in [0.1, 0.15) is 31.4 Å². The minimum absolute atomic E-state index is 0.107. The Kier molecular flexibility index (Phi) is 6.68. The van der Waals surface area contributed by atoms with Gasteiger partial charge in [-0.25, -0.2) is 0 Å². The van der Waals surface area contributed by atoms with Crippen molar-refractivity contribution in [3.63, 3.8) is 0 Å². The molecule has 1 atom stereocenters. The zero-order valence-electron chi connectivity index (χ0n) is 13.5. The number of hydrogen-bond acceptors (Lipinski definition) is 4. The lowest BCUT2D eigenvalue weighted by molar-refractivity contribution is -0.121. The monoisotopic (exact) mass is 306 g/mol. The number of carbonyl (C=O) groups excluding carboxylic acids is 1. The number of ether oxygens (including phenoxy) is 2. The summed E-state index contributed by atoms with van der Waals surface area (Å²) < 4.78 is 10.9. The van der Waals surface area contributed by atoms with Crippen molar-refractivity contribution in [2.24, 2.45) is 0 Å². The molecule has 1 heterocycles. The third-order valence-corrected chi connectivity index (χ3v) is 3.95. The van der Waals surface area contributed by atoms with Gasteiger partial charge in [-0.15, -0.1) is 0 Å². The standard InChI is InChI=1S/C17H26N2O3/c1-3-6-17(20)18-13-15(19-9-11-22-12-10-19)14-7-4-5-8-16(14)21-2/h4-5,7-8,15H,3,6,9-13H2,1-2H3,(H,18,20). The molecule has 0 radical (unpaired) electrons. The van der Waals surface area contributed by atoms with Crippen LogP contribution in [-0.2, 0) is 9.53 Å². The van der Waals surface area contributed by atoms with E-state index >= 15 is 0 Å². The topological polar surface area (TPSA) is 50.8 Å². The van der Waals surface area contributed by atoms with Gasteiger partial charge in [0, 0.05) is 31.6 Å². The molecule has 0 bridgehead atoms. The zero-order chi connectivity index (χ0) is 15.8. The lowest BCUT2D eigenvalue weighted by atomic mass is 10.0. The summed E-state index contributed by atoms with van der Waals surface area (Å²) in [5.74, 6) is 0.972. The fourth-order valence-electron chi connectivity index (χ4n) is 2.79. The van der Waals surface area contributed by atoms with Gasteiger partial charge in [-0.1, -0.05) is 25.1 Å². The highest BCUT2D eigenvalue weighted by atomic mass is 16.5. The number of nitrogens with zero attached hydrogens (tertiary/aromatic N) is 1. The summed E-state index contributed by atoms with van der Waals surface area (Å²) in [4.78, 5) is 14.2. The van der Waals surface area contributed by atoms with Crippen LogP contribution in [-0.4, -0.2) is 50.8 Å². The Bertz CT molecular complexity index is 473. The Labute approximate surface area is 132 Å². The summed E-state index contributed by atoms with van der Waals surface area (Å²) in [5.41, 5.74) is 1.11. The number of rotatable bonds is 7. The minimum atomic E-state index is 0.107. The third kappa shape index (κ3) is 4.45. The van der Waals surface area contributed by atoms with E-state index in [2.05, 4.69) is 16.3 Å². The Hall–Kier alpha value is -1.59. The quantitative estimate of drug-likeness (QED) is 0.837. The normalized spacial score (nSPS) is 17.0. The second kappa shape index (κ2) is 8.76. The molecule has 0 saturated carbocycles. The van der Waals surface area contributed by atoms with Crippen molar-refractivity contribution in [2.45, 2.75) is 25.8 Å². The fourth-order valence-corrected chi connectivity index (χ4v) is 2.79. The first-order valence-electron chi connectivity index (χ1n) is 7.97. The number of para-hydroxylation sites is 1. The second-order valence-electron chi connectivity index (χ2n) is 5.46. The summed E-state index contributed by atoms with van der Waals surface area (Å²) in [6.45, 7) is 5.81. The molecule has 1 amide bonds. The molecule has 1 fully saturated rings. The first-order valence-corrected chi connectivity index (χ1v) is 7.97. The van der Waals surface area contributed by atoms with Crippen LogP contribution in [0.2, 0.25) is 0 Å². The first-order chi connectivity index (χ1) is 10.8. The molecule has 0 aromatic heterocycles. The lowest BCUT2D eigenvalue weighted by Crippen LogP contribution is -2.43. The van der Waals surface area contributed by atoms with Crippen molar-refractivity contribution in [2.75, 3.05) is 40.0 Å². The molecule has 0 spiro atoms. The average Bonchev–Trinajstić information content (AvgIpc) is 2.57. The van der Waals surface area contributed by atoms with Gasteiger partial charge in [0.05, 0.1) is 26.4 Å². The van der Waals surface area contributed by atoms with Crippen LogP contribution in [0.15, 0.2) is 24.3 Å². The smallest absolute Gasteiger partial charge is 0.220 e. The number of methoxy groups -OCH3 is 1. The van der Waals surface area contributed by atoms with E-state index in [9.17, 15) is 4.79 Å². The zero-order valence-corrected chi connectivity index (χ0v) is 13.5. The summed E-state index contributed by atoms with van der Waals surface area (Å²) in [7, 11) is 1.69. The van der Waals surface area contributed by atoms with Gasteiger partial charge in [0.15, 0.2) is 0 Å². The highest BCUT2D eigenvalue weighted by Gasteiger charge is 2.25. The molecule has 1 aliphatic rings. The Morgan fingerprint density at radius 2 is 2.09 bits per heavy atom. The van der Waals surface area contributed by atoms with Gasteiger partial charge >= 0.3 is 0 Å². The van der Waals surface area contributed by atoms with Crippen LogP contribution in [0.4, 0.5) is 0 Å². The third-order valence-electron chi connectivity index (χ3n) is 3.95. The highest BCUT2D eigenvalue weighted by Crippen LogP contribution is 2.29. The summed E-state index contributed by atoms with van der Waals surface area (Å²) in [6, 6.07) is 8.13. The van der Waals surface area contributed by atoms with Gasteiger partial charge in [0.1, 0.15) is 5.75 Å². The minimum Gasteiger partial charge on any atom is -0.496 e. The van der Waals surface area contributed by atoms with E-state index in [0.717, 1.165) is 44.0 Å². The maximum atomic E-state index is 11.8. The van der Waals surface area contributed by atoms with Gasteiger partial charge in [-0.05, 0) is 12.5 Å². The predicted molar refractivity (Wildman–Crippen MR) is 86.0 cm³/mol. The fraction of sp³-hybridized carbons (Fsp3) is 0.588. The molecule has 1 N–H and O–H groups in total. The summed E-state index contributed by atoms with van der Waals surface area (Å²) in [5, 5.41) is 3.05. The molecule has 0 aliphatic carbocycles. The van der Waals surface area contributed by atoms with Crippen molar-refractivity contribution >= 4 is 5.91 Å². The molecule has 5 nitrogen and oxygen atoms in total. The van der Waals surface area contributed by atoms with Crippen LogP contribution >= 0.6 is 0 Å². The molecule has 1 unspecified atom stereocenters. The van der Waals surface area contributed by atoms with E-state index in [-0.39, 0.29) is 11.9 Å². The van der Waals surface area contributed by atoms with Crippen molar-refractivity contribution in [1.29, 1.82) is 0 Å². The van der Waals surface area contributed by atoms with Crippen molar-refractivity contribution < 1.29 is 14.3 Å². The molecule has 1 aliphatic heterocycles. The van der Waals surface area contributed by atoms with E-state index < -0.39 is 0 Å². The van der Waals surface area contributed by atoms with Crippen molar-refractivity contribution in [3.8, 4) is 5.75 Å². The lowest BCUT2D eigenvalue weighted by Gasteiger charge is -2.35. The van der Waals surface area contributed by atoms with Gasteiger partial charge in [0.25, 0.3) is 0 Å². The number of morpholine rings is 1. The van der Waals surface area contributed by atoms with Crippen LogP contribution < -0.4 is 10.1 Å². The van der Waals surface area contributed by atoms with Gasteiger partial charge < -0.3 is 14.8 Å². The number of nitrogens with one attached hydrogen (secondary N) is 1. The summed E-state index contributed by atoms with van der Waals surface area (Å²) in [6.07, 6.45) is 1.43. The van der Waals surface area contributed by atoms with Crippen molar-refractivity contribution in [1.82, 2.24) is 10.2 Å². The average molecular weight is 306 g/mol. The van der Waals surface area contributed by atoms with Crippen LogP contribution in [0, 0.1) is 0 Å². The molecule has 22 heavy (non-hydrogen) atoms. The largest absolute Gasteiger partial charge is 0.496 e. The Morgan fingerprint density at radius 3 is 2.77 bits per heavy atom. The molecule has 1 aromatic carbocycles. The van der Waals surface area contributed by atoms with Gasteiger partial charge in [0.2, 0.25) is 5.91 Å². The summed E-state index contributed by atoms with van der Waals surface area (Å²) >= 11 is 0. The Balaban J connectivity index is 2.14. The van der Waals surface area contributed by atoms with Gasteiger partial charge in [-0.3, -0.25) is 9.69 Å². The first kappa shape index (κ1) is 16.8. The van der Waals surface area contributed by atoms with E-state index in [4.69, 9.17) is 9.47 Å².